The molecule has 0 radical (unpaired) electrons. The molecular formula is C12H20N4O4. The summed E-state index contributed by atoms with van der Waals surface area (Å²) in [5.41, 5.74) is 0.434. The van der Waals surface area contributed by atoms with Crippen molar-refractivity contribution in [2.45, 2.75) is 26.4 Å². The number of ether oxygens (including phenoxy) is 1. The number of carboxylic acid groups (broad SMARTS) is 1. The van der Waals surface area contributed by atoms with Gasteiger partial charge in [-0.05, 0) is 5.92 Å². The molecule has 20 heavy (non-hydrogen) atoms. The van der Waals surface area contributed by atoms with E-state index < -0.39 is 5.97 Å². The molecule has 1 heterocycles. The Morgan fingerprint density at radius 3 is 2.75 bits per heavy atom. The number of hydrogen-bond donors (Lipinski definition) is 3. The Bertz CT molecular complexity index is 458. The maximum absolute atomic E-state index is 11.8. The third kappa shape index (κ3) is 5.27. The molecule has 1 rings (SSSR count). The number of aromatic nitrogens is 2. The van der Waals surface area contributed by atoms with E-state index in [1.165, 1.54) is 17.1 Å². The highest BCUT2D eigenvalue weighted by molar-refractivity contribution is 5.89. The molecule has 2 amide bonds. The molecule has 1 unspecified atom stereocenters. The van der Waals surface area contributed by atoms with Gasteiger partial charge in [0.1, 0.15) is 6.54 Å². The molecule has 0 aliphatic rings. The van der Waals surface area contributed by atoms with E-state index in [0.29, 0.717) is 12.3 Å². The Balaban J connectivity index is 2.52. The van der Waals surface area contributed by atoms with Crippen LogP contribution in [-0.4, -0.2) is 46.6 Å². The van der Waals surface area contributed by atoms with Crippen LogP contribution >= 0.6 is 0 Å². The summed E-state index contributed by atoms with van der Waals surface area (Å²) in [6, 6.07) is -0.482. The minimum atomic E-state index is -0.996. The Kier molecular flexibility index (Phi) is 5.98. The van der Waals surface area contributed by atoms with E-state index in [1.807, 2.05) is 13.8 Å². The van der Waals surface area contributed by atoms with Gasteiger partial charge in [0, 0.05) is 13.3 Å². The van der Waals surface area contributed by atoms with Crippen LogP contribution in [0.3, 0.4) is 0 Å². The summed E-state index contributed by atoms with van der Waals surface area (Å²) in [5, 5.41) is 17.8. The van der Waals surface area contributed by atoms with Crippen LogP contribution in [-0.2, 0) is 16.1 Å². The third-order valence-electron chi connectivity index (χ3n) is 2.66. The number of urea groups is 1. The number of amides is 2. The summed E-state index contributed by atoms with van der Waals surface area (Å²) in [5.74, 6) is -0.764. The van der Waals surface area contributed by atoms with Crippen LogP contribution in [0, 0.1) is 5.92 Å². The first-order chi connectivity index (χ1) is 9.42. The monoisotopic (exact) mass is 284 g/mol. The summed E-state index contributed by atoms with van der Waals surface area (Å²) >= 11 is 0. The summed E-state index contributed by atoms with van der Waals surface area (Å²) in [4.78, 5) is 22.3. The average molecular weight is 284 g/mol. The molecule has 0 aromatic carbocycles. The van der Waals surface area contributed by atoms with Crippen molar-refractivity contribution >= 4 is 17.7 Å². The molecular weight excluding hydrogens is 264 g/mol. The lowest BCUT2D eigenvalue weighted by Crippen LogP contribution is -2.43. The number of carbonyl (C=O) groups is 2. The predicted molar refractivity (Wildman–Crippen MR) is 72.5 cm³/mol. The average Bonchev–Trinajstić information content (AvgIpc) is 2.74. The smallest absolute Gasteiger partial charge is 0.325 e. The van der Waals surface area contributed by atoms with Crippen molar-refractivity contribution in [3.05, 3.63) is 12.4 Å². The number of nitrogens with one attached hydrogen (secondary N) is 2. The largest absolute Gasteiger partial charge is 0.480 e. The first-order valence-corrected chi connectivity index (χ1v) is 6.23. The molecule has 0 saturated heterocycles. The van der Waals surface area contributed by atoms with Gasteiger partial charge in [-0.25, -0.2) is 4.79 Å². The molecule has 8 heteroatoms. The van der Waals surface area contributed by atoms with Crippen LogP contribution in [0.5, 0.6) is 0 Å². The summed E-state index contributed by atoms with van der Waals surface area (Å²) in [7, 11) is 1.57. The number of aliphatic carboxylic acids is 1. The van der Waals surface area contributed by atoms with Crippen molar-refractivity contribution in [3.63, 3.8) is 0 Å². The van der Waals surface area contributed by atoms with Crippen molar-refractivity contribution in [2.24, 2.45) is 5.92 Å². The van der Waals surface area contributed by atoms with Gasteiger partial charge in [-0.3, -0.25) is 9.48 Å². The number of hydrogen-bond acceptors (Lipinski definition) is 4. The Hall–Kier alpha value is -2.09. The van der Waals surface area contributed by atoms with E-state index in [9.17, 15) is 9.59 Å². The van der Waals surface area contributed by atoms with Crippen LogP contribution in [0.15, 0.2) is 12.4 Å². The number of methoxy groups -OCH3 is 1. The summed E-state index contributed by atoms with van der Waals surface area (Å²) in [6.07, 6.45) is 2.84. The molecule has 8 nitrogen and oxygen atoms in total. The van der Waals surface area contributed by atoms with Crippen molar-refractivity contribution < 1.29 is 19.4 Å². The second-order valence-electron chi connectivity index (χ2n) is 4.72. The van der Waals surface area contributed by atoms with E-state index in [2.05, 4.69) is 15.7 Å². The highest BCUT2D eigenvalue weighted by Gasteiger charge is 2.16. The fourth-order valence-electron chi connectivity index (χ4n) is 1.57. The van der Waals surface area contributed by atoms with Gasteiger partial charge in [-0.15, -0.1) is 0 Å². The zero-order valence-corrected chi connectivity index (χ0v) is 11.8. The third-order valence-corrected chi connectivity index (χ3v) is 2.66. The van der Waals surface area contributed by atoms with Gasteiger partial charge in [0.25, 0.3) is 0 Å². The van der Waals surface area contributed by atoms with E-state index in [-0.39, 0.29) is 24.5 Å². The van der Waals surface area contributed by atoms with E-state index in [1.54, 1.807) is 7.11 Å². The van der Waals surface area contributed by atoms with Crippen LogP contribution in [0.25, 0.3) is 0 Å². The first-order valence-electron chi connectivity index (χ1n) is 6.23. The fraction of sp³-hybridized carbons (Fsp3) is 0.583. The van der Waals surface area contributed by atoms with E-state index >= 15 is 0 Å². The van der Waals surface area contributed by atoms with Crippen LogP contribution in [0.1, 0.15) is 13.8 Å². The lowest BCUT2D eigenvalue weighted by atomic mass is 10.1. The van der Waals surface area contributed by atoms with Gasteiger partial charge in [0.15, 0.2) is 0 Å². The second kappa shape index (κ2) is 7.49. The van der Waals surface area contributed by atoms with Gasteiger partial charge in [-0.2, -0.15) is 5.10 Å². The number of carboxylic acids is 1. The topological polar surface area (TPSA) is 105 Å². The van der Waals surface area contributed by atoms with Crippen LogP contribution < -0.4 is 10.6 Å². The molecule has 1 atom stereocenters. The normalized spacial score (nSPS) is 12.2. The van der Waals surface area contributed by atoms with Crippen LogP contribution in [0.4, 0.5) is 10.5 Å². The lowest BCUT2D eigenvalue weighted by molar-refractivity contribution is -0.137. The zero-order chi connectivity index (χ0) is 15.1. The van der Waals surface area contributed by atoms with Gasteiger partial charge >= 0.3 is 12.0 Å². The highest BCUT2D eigenvalue weighted by Crippen LogP contribution is 2.06. The quantitative estimate of drug-likeness (QED) is 0.685. The molecule has 0 fully saturated rings. The maximum Gasteiger partial charge on any atom is 0.325 e. The molecule has 0 aliphatic carbocycles. The summed E-state index contributed by atoms with van der Waals surface area (Å²) < 4.78 is 6.27. The van der Waals surface area contributed by atoms with Crippen molar-refractivity contribution in [3.8, 4) is 0 Å². The summed E-state index contributed by atoms with van der Waals surface area (Å²) in [6.45, 7) is 4.13. The van der Waals surface area contributed by atoms with Crippen molar-refractivity contribution in [1.82, 2.24) is 15.1 Å². The standard InChI is InChI=1S/C12H20N4O4/c1-8(2)10(7-20-3)15-12(19)14-9-4-13-16(5-9)6-11(17)18/h4-5,8,10H,6-7H2,1-3H3,(H,17,18)(H2,14,15,19). The molecule has 0 aliphatic heterocycles. The molecule has 0 spiro atoms. The lowest BCUT2D eigenvalue weighted by Gasteiger charge is -2.21. The number of rotatable bonds is 7. The molecule has 0 bridgehead atoms. The van der Waals surface area contributed by atoms with Crippen LogP contribution in [0.2, 0.25) is 0 Å². The van der Waals surface area contributed by atoms with E-state index in [0.717, 1.165) is 0 Å². The minimum Gasteiger partial charge on any atom is -0.480 e. The van der Waals surface area contributed by atoms with E-state index in [4.69, 9.17) is 9.84 Å². The Morgan fingerprint density at radius 2 is 2.20 bits per heavy atom. The molecule has 0 saturated carbocycles. The SMILES string of the molecule is COCC(NC(=O)Nc1cnn(CC(=O)O)c1)C(C)C. The number of carbonyl (C=O) groups excluding carboxylic acids is 1. The Labute approximate surface area is 117 Å². The van der Waals surface area contributed by atoms with Gasteiger partial charge in [-0.1, -0.05) is 13.8 Å². The second-order valence-corrected chi connectivity index (χ2v) is 4.72. The molecule has 3 N–H and O–H groups in total. The molecule has 1 aromatic heterocycles. The number of nitrogens with zero attached hydrogens (tertiary/aromatic N) is 2. The fourth-order valence-corrected chi connectivity index (χ4v) is 1.57. The van der Waals surface area contributed by atoms with Crippen molar-refractivity contribution in [1.29, 1.82) is 0 Å². The van der Waals surface area contributed by atoms with Crippen molar-refractivity contribution in [2.75, 3.05) is 19.0 Å². The highest BCUT2D eigenvalue weighted by atomic mass is 16.5. The first kappa shape index (κ1) is 16.0. The predicted octanol–water partition coefficient (Wildman–Crippen LogP) is 0.760. The van der Waals surface area contributed by atoms with Gasteiger partial charge in [0.2, 0.25) is 0 Å². The minimum absolute atomic E-state index is 0.103. The maximum atomic E-state index is 11.8. The van der Waals surface area contributed by atoms with Gasteiger partial charge < -0.3 is 20.5 Å². The molecule has 112 valence electrons. The molecule has 1 aromatic rings. The number of anilines is 1. The zero-order valence-electron chi connectivity index (χ0n) is 11.8. The Morgan fingerprint density at radius 1 is 1.50 bits per heavy atom. The van der Waals surface area contributed by atoms with Gasteiger partial charge in [0.05, 0.1) is 24.5 Å².